The molecule has 1 aliphatic rings. The number of hydrogen-bond donors (Lipinski definition) is 1. The standard InChI is InChI=1S/C12H13ClFN3O2/c13-10-9(5-8(14)6-16-10)12(19)17-3-1-7(2-4-17)11(15)18/h5-7H,1-4H2,(H2,15,18). The predicted molar refractivity (Wildman–Crippen MR) is 67.0 cm³/mol. The van der Waals surface area contributed by atoms with Crippen molar-refractivity contribution >= 4 is 23.4 Å². The average Bonchev–Trinajstić information content (AvgIpc) is 2.41. The van der Waals surface area contributed by atoms with E-state index in [1.807, 2.05) is 0 Å². The number of aromatic nitrogens is 1. The maximum Gasteiger partial charge on any atom is 0.257 e. The van der Waals surface area contributed by atoms with Gasteiger partial charge < -0.3 is 10.6 Å². The summed E-state index contributed by atoms with van der Waals surface area (Å²) in [5.41, 5.74) is 5.26. The lowest BCUT2D eigenvalue weighted by Gasteiger charge is -2.30. The highest BCUT2D eigenvalue weighted by atomic mass is 35.5. The summed E-state index contributed by atoms with van der Waals surface area (Å²) < 4.78 is 13.1. The van der Waals surface area contributed by atoms with Crippen molar-refractivity contribution in [3.8, 4) is 0 Å². The molecule has 102 valence electrons. The molecule has 2 rings (SSSR count). The quantitative estimate of drug-likeness (QED) is 0.830. The first-order chi connectivity index (χ1) is 8.99. The van der Waals surface area contributed by atoms with Crippen LogP contribution >= 0.6 is 11.6 Å². The zero-order chi connectivity index (χ0) is 14.0. The number of hydrogen-bond acceptors (Lipinski definition) is 3. The first kappa shape index (κ1) is 13.7. The van der Waals surface area contributed by atoms with Crippen LogP contribution in [0.4, 0.5) is 4.39 Å². The molecule has 0 saturated carbocycles. The fourth-order valence-corrected chi connectivity index (χ4v) is 2.29. The van der Waals surface area contributed by atoms with E-state index in [1.54, 1.807) is 0 Å². The van der Waals surface area contributed by atoms with E-state index in [0.29, 0.717) is 25.9 Å². The number of carbonyl (C=O) groups excluding carboxylic acids is 2. The van der Waals surface area contributed by atoms with Crippen molar-refractivity contribution in [2.24, 2.45) is 11.7 Å². The molecule has 0 radical (unpaired) electrons. The van der Waals surface area contributed by atoms with E-state index < -0.39 is 5.82 Å². The lowest BCUT2D eigenvalue weighted by molar-refractivity contribution is -0.123. The van der Waals surface area contributed by atoms with Gasteiger partial charge in [0.25, 0.3) is 5.91 Å². The molecule has 1 aliphatic heterocycles. The Morgan fingerprint density at radius 2 is 2.05 bits per heavy atom. The van der Waals surface area contributed by atoms with Gasteiger partial charge in [0, 0.05) is 19.0 Å². The summed E-state index contributed by atoms with van der Waals surface area (Å²) >= 11 is 5.79. The Kier molecular flexibility index (Phi) is 3.99. The second-order valence-electron chi connectivity index (χ2n) is 4.46. The van der Waals surface area contributed by atoms with Gasteiger partial charge in [-0.15, -0.1) is 0 Å². The molecule has 0 atom stereocenters. The van der Waals surface area contributed by atoms with Crippen LogP contribution in [-0.2, 0) is 4.79 Å². The summed E-state index contributed by atoms with van der Waals surface area (Å²) in [6.07, 6.45) is 1.99. The fourth-order valence-electron chi connectivity index (χ4n) is 2.11. The average molecular weight is 286 g/mol. The summed E-state index contributed by atoms with van der Waals surface area (Å²) in [7, 11) is 0. The highest BCUT2D eigenvalue weighted by Crippen LogP contribution is 2.21. The minimum absolute atomic E-state index is 0.0246. The number of halogens is 2. The van der Waals surface area contributed by atoms with E-state index >= 15 is 0 Å². The number of primary amides is 1. The molecule has 2 N–H and O–H groups in total. The monoisotopic (exact) mass is 285 g/mol. The van der Waals surface area contributed by atoms with Gasteiger partial charge in [0.05, 0.1) is 11.8 Å². The minimum atomic E-state index is -0.611. The first-order valence-corrected chi connectivity index (χ1v) is 6.26. The van der Waals surface area contributed by atoms with Crippen LogP contribution < -0.4 is 5.73 Å². The van der Waals surface area contributed by atoms with Gasteiger partial charge in [0.15, 0.2) is 0 Å². The van der Waals surface area contributed by atoms with Gasteiger partial charge in [-0.1, -0.05) is 11.6 Å². The summed E-state index contributed by atoms with van der Waals surface area (Å²) in [5, 5.41) is -0.0246. The van der Waals surface area contributed by atoms with Crippen molar-refractivity contribution in [2.45, 2.75) is 12.8 Å². The van der Waals surface area contributed by atoms with Crippen LogP contribution in [0.3, 0.4) is 0 Å². The number of carbonyl (C=O) groups is 2. The molecule has 0 unspecified atom stereocenters. The van der Waals surface area contributed by atoms with Gasteiger partial charge in [-0.2, -0.15) is 0 Å². The highest BCUT2D eigenvalue weighted by Gasteiger charge is 2.27. The van der Waals surface area contributed by atoms with E-state index in [-0.39, 0.29) is 28.4 Å². The highest BCUT2D eigenvalue weighted by molar-refractivity contribution is 6.32. The van der Waals surface area contributed by atoms with Gasteiger partial charge in [-0.3, -0.25) is 9.59 Å². The lowest BCUT2D eigenvalue weighted by Crippen LogP contribution is -2.41. The molecule has 0 aromatic carbocycles. The van der Waals surface area contributed by atoms with E-state index in [9.17, 15) is 14.0 Å². The van der Waals surface area contributed by atoms with Crippen LogP contribution in [0.25, 0.3) is 0 Å². The van der Waals surface area contributed by atoms with Crippen molar-refractivity contribution in [3.63, 3.8) is 0 Å². The number of nitrogens with zero attached hydrogens (tertiary/aromatic N) is 2. The Hall–Kier alpha value is -1.69. The van der Waals surface area contributed by atoms with E-state index in [0.717, 1.165) is 12.3 Å². The van der Waals surface area contributed by atoms with E-state index in [1.165, 1.54) is 4.90 Å². The van der Waals surface area contributed by atoms with Crippen LogP contribution in [0.5, 0.6) is 0 Å². The summed E-state index contributed by atoms with van der Waals surface area (Å²) in [6.45, 7) is 0.804. The van der Waals surface area contributed by atoms with Crippen molar-refractivity contribution < 1.29 is 14.0 Å². The van der Waals surface area contributed by atoms with Gasteiger partial charge in [-0.25, -0.2) is 9.37 Å². The number of amides is 2. The van der Waals surface area contributed by atoms with Crippen molar-refractivity contribution in [3.05, 3.63) is 28.8 Å². The van der Waals surface area contributed by atoms with Crippen molar-refractivity contribution in [1.29, 1.82) is 0 Å². The second-order valence-corrected chi connectivity index (χ2v) is 4.82. The van der Waals surface area contributed by atoms with Gasteiger partial charge >= 0.3 is 0 Å². The fraction of sp³-hybridized carbons (Fsp3) is 0.417. The summed E-state index contributed by atoms with van der Waals surface area (Å²) in [6, 6.07) is 1.07. The zero-order valence-electron chi connectivity index (χ0n) is 10.1. The topological polar surface area (TPSA) is 76.3 Å². The number of piperidine rings is 1. The molecule has 5 nitrogen and oxygen atoms in total. The van der Waals surface area contributed by atoms with Crippen molar-refractivity contribution in [2.75, 3.05) is 13.1 Å². The van der Waals surface area contributed by atoms with Crippen LogP contribution in [0.1, 0.15) is 23.2 Å². The smallest absolute Gasteiger partial charge is 0.257 e. The van der Waals surface area contributed by atoms with E-state index in [2.05, 4.69) is 4.98 Å². The molecular formula is C12H13ClFN3O2. The Morgan fingerprint density at radius 1 is 1.42 bits per heavy atom. The third kappa shape index (κ3) is 3.01. The molecule has 1 aromatic rings. The molecule has 1 saturated heterocycles. The normalized spacial score (nSPS) is 16.4. The van der Waals surface area contributed by atoms with Crippen molar-refractivity contribution in [1.82, 2.24) is 9.88 Å². The molecular weight excluding hydrogens is 273 g/mol. The Balaban J connectivity index is 2.09. The number of pyridine rings is 1. The Labute approximate surface area is 114 Å². The number of nitrogens with two attached hydrogens (primary N) is 1. The predicted octanol–water partition coefficient (Wildman–Crippen LogP) is 1.21. The molecule has 0 aliphatic carbocycles. The third-order valence-electron chi connectivity index (χ3n) is 3.22. The Morgan fingerprint density at radius 3 is 2.63 bits per heavy atom. The maximum atomic E-state index is 13.1. The molecule has 2 amide bonds. The second kappa shape index (κ2) is 5.52. The molecule has 2 heterocycles. The zero-order valence-corrected chi connectivity index (χ0v) is 10.9. The van der Waals surface area contributed by atoms with Crippen LogP contribution in [-0.4, -0.2) is 34.8 Å². The minimum Gasteiger partial charge on any atom is -0.369 e. The maximum absolute atomic E-state index is 13.1. The largest absolute Gasteiger partial charge is 0.369 e. The van der Waals surface area contributed by atoms with Gasteiger partial charge in [-0.05, 0) is 18.9 Å². The Bertz CT molecular complexity index is 516. The van der Waals surface area contributed by atoms with Gasteiger partial charge in [0.1, 0.15) is 11.0 Å². The van der Waals surface area contributed by atoms with E-state index in [4.69, 9.17) is 17.3 Å². The molecule has 1 aromatic heterocycles. The number of rotatable bonds is 2. The molecule has 0 bridgehead atoms. The first-order valence-electron chi connectivity index (χ1n) is 5.88. The van der Waals surface area contributed by atoms with Gasteiger partial charge in [0.2, 0.25) is 5.91 Å². The number of likely N-dealkylation sites (tertiary alicyclic amines) is 1. The summed E-state index contributed by atoms with van der Waals surface area (Å²) in [4.78, 5) is 28.3. The lowest BCUT2D eigenvalue weighted by atomic mass is 9.96. The molecule has 7 heteroatoms. The van der Waals surface area contributed by atoms with Crippen LogP contribution in [0.15, 0.2) is 12.3 Å². The van der Waals surface area contributed by atoms with Crippen LogP contribution in [0, 0.1) is 11.7 Å². The summed E-state index contributed by atoms with van der Waals surface area (Å²) in [5.74, 6) is -1.54. The molecule has 1 fully saturated rings. The van der Waals surface area contributed by atoms with Crippen LogP contribution in [0.2, 0.25) is 5.15 Å². The third-order valence-corrected chi connectivity index (χ3v) is 3.52. The SMILES string of the molecule is NC(=O)C1CCN(C(=O)c2cc(F)cnc2Cl)CC1. The molecule has 0 spiro atoms. The molecule has 19 heavy (non-hydrogen) atoms.